The summed E-state index contributed by atoms with van der Waals surface area (Å²) < 4.78 is 7.25. The molecule has 0 saturated heterocycles. The molecule has 0 aliphatic heterocycles. The Labute approximate surface area is 181 Å². The van der Waals surface area contributed by atoms with E-state index in [0.29, 0.717) is 45.1 Å². The molecule has 154 valence electrons. The summed E-state index contributed by atoms with van der Waals surface area (Å²) in [7, 11) is 1.81. The summed E-state index contributed by atoms with van der Waals surface area (Å²) in [4.78, 5) is 27.5. The Bertz CT molecular complexity index is 1440. The van der Waals surface area contributed by atoms with Crippen LogP contribution in [0.4, 0.5) is 5.82 Å². The van der Waals surface area contributed by atoms with Crippen LogP contribution in [0, 0.1) is 6.92 Å². The number of nitrogen functional groups attached to an aromatic ring is 1. The van der Waals surface area contributed by atoms with Gasteiger partial charge in [-0.15, -0.1) is 11.3 Å². The summed E-state index contributed by atoms with van der Waals surface area (Å²) in [6.45, 7) is 1.75. The van der Waals surface area contributed by atoms with Crippen LogP contribution in [-0.2, 0) is 18.4 Å². The van der Waals surface area contributed by atoms with E-state index in [-0.39, 0.29) is 6.61 Å². The van der Waals surface area contributed by atoms with Gasteiger partial charge in [0.25, 0.3) is 0 Å². The van der Waals surface area contributed by atoms with Crippen molar-refractivity contribution in [3.63, 3.8) is 0 Å². The molecule has 0 spiro atoms. The molecule has 8 nitrogen and oxygen atoms in total. The number of nitrogens with zero attached hydrogens (tertiary/aromatic N) is 5. The first kappa shape index (κ1) is 19.1. The van der Waals surface area contributed by atoms with Crippen molar-refractivity contribution in [1.29, 1.82) is 0 Å². The van der Waals surface area contributed by atoms with E-state index in [4.69, 9.17) is 15.5 Å². The molecule has 0 saturated carbocycles. The van der Waals surface area contributed by atoms with Crippen LogP contribution in [-0.4, -0.2) is 30.7 Å². The van der Waals surface area contributed by atoms with Crippen LogP contribution in [0.1, 0.15) is 21.9 Å². The fourth-order valence-electron chi connectivity index (χ4n) is 3.58. The van der Waals surface area contributed by atoms with Gasteiger partial charge in [-0.2, -0.15) is 5.10 Å². The molecule has 0 unspecified atom stereocenters. The number of rotatable bonds is 4. The number of carbonyl (C=O) groups excluding carboxylic acids is 1. The smallest absolute Gasteiger partial charge is 0.339 e. The number of anilines is 1. The SMILES string of the molecule is Cc1nn(C)c2nc(-c3cccs3)cc(C(=O)OCc3nc(N)c4ccccc4n3)c12. The average Bonchev–Trinajstić information content (AvgIpc) is 3.40. The lowest BCUT2D eigenvalue weighted by Gasteiger charge is -2.09. The lowest BCUT2D eigenvalue weighted by atomic mass is 10.1. The molecule has 4 heterocycles. The van der Waals surface area contributed by atoms with E-state index in [2.05, 4.69) is 15.1 Å². The molecule has 31 heavy (non-hydrogen) atoms. The van der Waals surface area contributed by atoms with E-state index >= 15 is 0 Å². The van der Waals surface area contributed by atoms with Gasteiger partial charge >= 0.3 is 5.97 Å². The first-order chi connectivity index (χ1) is 15.0. The second-order valence-corrected chi connectivity index (χ2v) is 8.01. The third kappa shape index (κ3) is 3.38. The van der Waals surface area contributed by atoms with Gasteiger partial charge in [0.2, 0.25) is 0 Å². The maximum Gasteiger partial charge on any atom is 0.339 e. The van der Waals surface area contributed by atoms with Crippen LogP contribution >= 0.6 is 11.3 Å². The summed E-state index contributed by atoms with van der Waals surface area (Å²) in [5.41, 5.74) is 9.18. The number of pyridine rings is 1. The molecule has 0 atom stereocenters. The van der Waals surface area contributed by atoms with Crippen LogP contribution in [0.25, 0.3) is 32.5 Å². The van der Waals surface area contributed by atoms with Crippen LogP contribution in [0.3, 0.4) is 0 Å². The Kier molecular flexibility index (Phi) is 4.59. The fraction of sp³-hybridized carbons (Fsp3) is 0.136. The zero-order valence-electron chi connectivity index (χ0n) is 16.9. The molecule has 0 radical (unpaired) electrons. The first-order valence-electron chi connectivity index (χ1n) is 9.58. The number of ether oxygens (including phenoxy) is 1. The number of para-hydroxylation sites is 1. The Morgan fingerprint density at radius 1 is 1.16 bits per heavy atom. The van der Waals surface area contributed by atoms with Crippen molar-refractivity contribution in [3.05, 3.63) is 64.9 Å². The topological polar surface area (TPSA) is 109 Å². The van der Waals surface area contributed by atoms with Crippen LogP contribution in [0.5, 0.6) is 0 Å². The quantitative estimate of drug-likeness (QED) is 0.431. The minimum Gasteiger partial charge on any atom is -0.454 e. The minimum atomic E-state index is -0.489. The van der Waals surface area contributed by atoms with E-state index in [9.17, 15) is 4.79 Å². The van der Waals surface area contributed by atoms with E-state index in [0.717, 1.165) is 10.3 Å². The summed E-state index contributed by atoms with van der Waals surface area (Å²) in [5.74, 6) is 0.207. The molecular weight excluding hydrogens is 412 g/mol. The number of aromatic nitrogens is 5. The highest BCUT2D eigenvalue weighted by Crippen LogP contribution is 2.29. The van der Waals surface area contributed by atoms with E-state index in [1.54, 1.807) is 29.1 Å². The van der Waals surface area contributed by atoms with Gasteiger partial charge in [0.05, 0.1) is 32.7 Å². The molecule has 0 amide bonds. The highest BCUT2D eigenvalue weighted by atomic mass is 32.1. The summed E-state index contributed by atoms with van der Waals surface area (Å²) in [6.07, 6.45) is 0. The molecule has 0 aliphatic rings. The number of hydrogen-bond donors (Lipinski definition) is 1. The number of thiophene rings is 1. The maximum atomic E-state index is 13.1. The van der Waals surface area contributed by atoms with E-state index < -0.39 is 5.97 Å². The molecule has 5 rings (SSSR count). The van der Waals surface area contributed by atoms with Crippen molar-refractivity contribution in [3.8, 4) is 10.6 Å². The van der Waals surface area contributed by atoms with Gasteiger partial charge in [-0.1, -0.05) is 18.2 Å². The summed E-state index contributed by atoms with van der Waals surface area (Å²) in [6, 6.07) is 13.1. The highest BCUT2D eigenvalue weighted by Gasteiger charge is 2.21. The number of nitrogens with two attached hydrogens (primary N) is 1. The van der Waals surface area contributed by atoms with Gasteiger partial charge in [0.15, 0.2) is 18.1 Å². The molecule has 2 N–H and O–H groups in total. The van der Waals surface area contributed by atoms with E-state index in [1.807, 2.05) is 48.7 Å². The Morgan fingerprint density at radius 2 is 2.00 bits per heavy atom. The molecule has 0 bridgehead atoms. The van der Waals surface area contributed by atoms with Crippen molar-refractivity contribution < 1.29 is 9.53 Å². The van der Waals surface area contributed by atoms with Gasteiger partial charge < -0.3 is 10.5 Å². The molecule has 0 aliphatic carbocycles. The Morgan fingerprint density at radius 3 is 2.81 bits per heavy atom. The number of esters is 1. The summed E-state index contributed by atoms with van der Waals surface area (Å²) >= 11 is 1.55. The third-order valence-corrected chi connectivity index (χ3v) is 5.87. The average molecular weight is 430 g/mol. The monoisotopic (exact) mass is 430 g/mol. The van der Waals surface area contributed by atoms with Crippen LogP contribution in [0.2, 0.25) is 0 Å². The van der Waals surface area contributed by atoms with Crippen molar-refractivity contribution in [2.75, 3.05) is 5.73 Å². The second kappa shape index (κ2) is 7.44. The van der Waals surface area contributed by atoms with Gasteiger partial charge in [0.1, 0.15) is 5.82 Å². The maximum absolute atomic E-state index is 13.1. The third-order valence-electron chi connectivity index (χ3n) is 4.97. The Hall–Kier alpha value is -3.85. The zero-order valence-corrected chi connectivity index (χ0v) is 17.7. The number of carbonyl (C=O) groups is 1. The number of hydrogen-bond acceptors (Lipinski definition) is 8. The Balaban J connectivity index is 1.51. The predicted molar refractivity (Wildman–Crippen MR) is 120 cm³/mol. The molecule has 5 aromatic rings. The van der Waals surface area contributed by atoms with E-state index in [1.165, 1.54) is 0 Å². The van der Waals surface area contributed by atoms with Crippen molar-refractivity contribution in [2.45, 2.75) is 13.5 Å². The second-order valence-electron chi connectivity index (χ2n) is 7.06. The van der Waals surface area contributed by atoms with Crippen LogP contribution < -0.4 is 5.73 Å². The minimum absolute atomic E-state index is 0.0919. The lowest BCUT2D eigenvalue weighted by molar-refractivity contribution is 0.0465. The standard InChI is InChI=1S/C22H18N6O2S/c1-12-19-14(10-16(17-8-5-9-31-17)25-21(19)28(2)27-12)22(29)30-11-18-24-15-7-4-3-6-13(15)20(23)26-18/h3-10H,11H2,1-2H3,(H2,23,24,26). The number of aryl methyl sites for hydroxylation is 2. The molecule has 4 aromatic heterocycles. The normalized spacial score (nSPS) is 11.3. The largest absolute Gasteiger partial charge is 0.454 e. The molecular formula is C22H18N6O2S. The summed E-state index contributed by atoms with van der Waals surface area (Å²) in [5, 5.41) is 7.83. The zero-order chi connectivity index (χ0) is 21.5. The van der Waals surface area contributed by atoms with Gasteiger partial charge in [0, 0.05) is 12.4 Å². The predicted octanol–water partition coefficient (Wildman–Crippen LogP) is 3.89. The van der Waals surface area contributed by atoms with Gasteiger partial charge in [-0.3, -0.25) is 4.68 Å². The highest BCUT2D eigenvalue weighted by molar-refractivity contribution is 7.13. The molecule has 1 aromatic carbocycles. The lowest BCUT2D eigenvalue weighted by Crippen LogP contribution is -2.10. The molecule has 9 heteroatoms. The van der Waals surface area contributed by atoms with Crippen LogP contribution in [0.15, 0.2) is 47.8 Å². The van der Waals surface area contributed by atoms with Crippen molar-refractivity contribution >= 4 is 45.1 Å². The fourth-order valence-corrected chi connectivity index (χ4v) is 4.27. The molecule has 0 fully saturated rings. The van der Waals surface area contributed by atoms with Crippen molar-refractivity contribution in [1.82, 2.24) is 24.7 Å². The van der Waals surface area contributed by atoms with Gasteiger partial charge in [-0.05, 0) is 36.6 Å². The number of fused-ring (bicyclic) bond motifs is 2. The van der Waals surface area contributed by atoms with Crippen molar-refractivity contribution in [2.24, 2.45) is 7.05 Å². The number of benzene rings is 1. The van der Waals surface area contributed by atoms with Gasteiger partial charge in [-0.25, -0.2) is 19.7 Å². The first-order valence-corrected chi connectivity index (χ1v) is 10.5.